The van der Waals surface area contributed by atoms with Crippen molar-refractivity contribution in [2.45, 2.75) is 26.7 Å². The number of hydrogen-bond acceptors (Lipinski definition) is 1. The van der Waals surface area contributed by atoms with E-state index in [2.05, 4.69) is 32.0 Å². The highest BCUT2D eigenvalue weighted by molar-refractivity contribution is 5.29. The fraction of sp³-hybridized carbons (Fsp3) is 0.500. The quantitative estimate of drug-likeness (QED) is 0.644. The van der Waals surface area contributed by atoms with E-state index in [0.29, 0.717) is 0 Å². The zero-order valence-electron chi connectivity index (χ0n) is 8.76. The molecule has 0 aliphatic rings. The van der Waals surface area contributed by atoms with Crippen molar-refractivity contribution in [3.8, 4) is 0 Å². The number of aryl methyl sites for hydroxylation is 3. The van der Waals surface area contributed by atoms with Gasteiger partial charge in [-0.3, -0.25) is 0 Å². The molecule has 0 N–H and O–H groups in total. The molecule has 1 aromatic rings. The molecule has 0 aromatic heterocycles. The van der Waals surface area contributed by atoms with Crippen LogP contribution in [0.25, 0.3) is 0 Å². The van der Waals surface area contributed by atoms with E-state index >= 15 is 0 Å². The third-order valence-electron chi connectivity index (χ3n) is 2.39. The van der Waals surface area contributed by atoms with Gasteiger partial charge in [0.25, 0.3) is 0 Å². The predicted molar refractivity (Wildman–Crippen MR) is 56.1 cm³/mol. The molecule has 0 bridgehead atoms. The molecule has 13 heavy (non-hydrogen) atoms. The van der Waals surface area contributed by atoms with Crippen LogP contribution in [0, 0.1) is 13.8 Å². The van der Waals surface area contributed by atoms with Crippen molar-refractivity contribution in [3.63, 3.8) is 0 Å². The van der Waals surface area contributed by atoms with Crippen LogP contribution in [0.1, 0.15) is 23.1 Å². The fourth-order valence-electron chi connectivity index (χ4n) is 1.38. The van der Waals surface area contributed by atoms with E-state index < -0.39 is 0 Å². The molecule has 0 amide bonds. The first-order chi connectivity index (χ1) is 6.24. The van der Waals surface area contributed by atoms with E-state index in [1.807, 2.05) is 0 Å². The lowest BCUT2D eigenvalue weighted by atomic mass is 10.0. The van der Waals surface area contributed by atoms with Gasteiger partial charge in [-0.1, -0.05) is 18.2 Å². The van der Waals surface area contributed by atoms with E-state index in [1.165, 1.54) is 16.7 Å². The largest absolute Gasteiger partial charge is 0.385 e. The van der Waals surface area contributed by atoms with E-state index in [4.69, 9.17) is 4.74 Å². The third-order valence-corrected chi connectivity index (χ3v) is 2.39. The fourth-order valence-corrected chi connectivity index (χ4v) is 1.38. The van der Waals surface area contributed by atoms with Gasteiger partial charge in [-0.05, 0) is 43.4 Å². The van der Waals surface area contributed by atoms with Gasteiger partial charge < -0.3 is 4.74 Å². The first kappa shape index (κ1) is 10.3. The van der Waals surface area contributed by atoms with Crippen LogP contribution in [-0.2, 0) is 11.2 Å². The van der Waals surface area contributed by atoms with E-state index in [0.717, 1.165) is 19.4 Å². The van der Waals surface area contributed by atoms with Crippen LogP contribution in [-0.4, -0.2) is 13.7 Å². The number of methoxy groups -OCH3 is 1. The van der Waals surface area contributed by atoms with E-state index in [9.17, 15) is 0 Å². The van der Waals surface area contributed by atoms with E-state index in [1.54, 1.807) is 7.11 Å². The number of benzene rings is 1. The molecule has 1 aromatic carbocycles. The maximum absolute atomic E-state index is 5.02. The minimum atomic E-state index is 0.854. The molecule has 0 atom stereocenters. The molecular formula is C12H18O. The molecule has 0 unspecified atom stereocenters. The first-order valence-electron chi connectivity index (χ1n) is 4.79. The molecular weight excluding hydrogens is 160 g/mol. The lowest BCUT2D eigenvalue weighted by Crippen LogP contribution is -1.93. The summed E-state index contributed by atoms with van der Waals surface area (Å²) in [6.07, 6.45) is 2.23. The van der Waals surface area contributed by atoms with Gasteiger partial charge >= 0.3 is 0 Å². The van der Waals surface area contributed by atoms with Crippen molar-refractivity contribution in [1.82, 2.24) is 0 Å². The molecule has 0 saturated heterocycles. The lowest BCUT2D eigenvalue weighted by molar-refractivity contribution is 0.195. The van der Waals surface area contributed by atoms with Crippen LogP contribution >= 0.6 is 0 Å². The molecule has 1 nitrogen and oxygen atoms in total. The Kier molecular flexibility index (Phi) is 3.97. The summed E-state index contributed by atoms with van der Waals surface area (Å²) < 4.78 is 5.02. The van der Waals surface area contributed by atoms with Gasteiger partial charge in [0.2, 0.25) is 0 Å². The highest BCUT2D eigenvalue weighted by Crippen LogP contribution is 2.11. The summed E-state index contributed by atoms with van der Waals surface area (Å²) in [6.45, 7) is 5.16. The Morgan fingerprint density at radius 3 is 2.54 bits per heavy atom. The number of rotatable bonds is 4. The molecule has 0 fully saturated rings. The number of ether oxygens (including phenoxy) is 1. The molecule has 72 valence electrons. The Morgan fingerprint density at radius 2 is 1.92 bits per heavy atom. The minimum Gasteiger partial charge on any atom is -0.385 e. The third kappa shape index (κ3) is 3.19. The Morgan fingerprint density at radius 1 is 1.15 bits per heavy atom. The standard InChI is InChI=1S/C12H18O/c1-10-6-7-12(9-11(10)2)5-4-8-13-3/h6-7,9H,4-5,8H2,1-3H3. The number of hydrogen-bond donors (Lipinski definition) is 0. The Labute approximate surface area is 80.7 Å². The van der Waals surface area contributed by atoms with Gasteiger partial charge in [0.05, 0.1) is 0 Å². The minimum absolute atomic E-state index is 0.854. The van der Waals surface area contributed by atoms with Crippen molar-refractivity contribution in [3.05, 3.63) is 34.9 Å². The first-order valence-corrected chi connectivity index (χ1v) is 4.79. The van der Waals surface area contributed by atoms with Crippen LogP contribution in [0.2, 0.25) is 0 Å². The highest BCUT2D eigenvalue weighted by atomic mass is 16.5. The monoisotopic (exact) mass is 178 g/mol. The molecule has 0 heterocycles. The smallest absolute Gasteiger partial charge is 0.0465 e. The zero-order valence-corrected chi connectivity index (χ0v) is 8.76. The van der Waals surface area contributed by atoms with Crippen LogP contribution in [0.15, 0.2) is 18.2 Å². The molecule has 0 spiro atoms. The maximum Gasteiger partial charge on any atom is 0.0465 e. The Bertz CT molecular complexity index is 266. The van der Waals surface area contributed by atoms with Gasteiger partial charge in [0, 0.05) is 13.7 Å². The highest BCUT2D eigenvalue weighted by Gasteiger charge is 1.95. The molecule has 0 aliphatic carbocycles. The summed E-state index contributed by atoms with van der Waals surface area (Å²) in [5.74, 6) is 0. The second-order valence-electron chi connectivity index (χ2n) is 3.51. The lowest BCUT2D eigenvalue weighted by Gasteiger charge is -2.04. The maximum atomic E-state index is 5.02. The average Bonchev–Trinajstić information content (AvgIpc) is 2.12. The van der Waals surface area contributed by atoms with Crippen LogP contribution < -0.4 is 0 Å². The molecule has 0 radical (unpaired) electrons. The topological polar surface area (TPSA) is 9.23 Å². The summed E-state index contributed by atoms with van der Waals surface area (Å²) >= 11 is 0. The molecule has 1 rings (SSSR count). The SMILES string of the molecule is COCCCc1ccc(C)c(C)c1. The van der Waals surface area contributed by atoms with Gasteiger partial charge in [0.15, 0.2) is 0 Å². The zero-order chi connectivity index (χ0) is 9.68. The van der Waals surface area contributed by atoms with Crippen LogP contribution in [0.3, 0.4) is 0 Å². The van der Waals surface area contributed by atoms with Gasteiger partial charge in [-0.2, -0.15) is 0 Å². The summed E-state index contributed by atoms with van der Waals surface area (Å²) in [6, 6.07) is 6.67. The normalized spacial score (nSPS) is 10.4. The van der Waals surface area contributed by atoms with Crippen molar-refractivity contribution in [1.29, 1.82) is 0 Å². The second-order valence-corrected chi connectivity index (χ2v) is 3.51. The average molecular weight is 178 g/mol. The summed E-state index contributed by atoms with van der Waals surface area (Å²) in [7, 11) is 1.75. The molecule has 0 saturated carbocycles. The second kappa shape index (κ2) is 5.03. The summed E-state index contributed by atoms with van der Waals surface area (Å²) in [4.78, 5) is 0. The van der Waals surface area contributed by atoms with Crippen molar-refractivity contribution < 1.29 is 4.74 Å². The summed E-state index contributed by atoms with van der Waals surface area (Å²) in [5.41, 5.74) is 4.17. The Hall–Kier alpha value is -0.820. The van der Waals surface area contributed by atoms with Crippen LogP contribution in [0.5, 0.6) is 0 Å². The van der Waals surface area contributed by atoms with Crippen molar-refractivity contribution in [2.75, 3.05) is 13.7 Å². The summed E-state index contributed by atoms with van der Waals surface area (Å²) in [5, 5.41) is 0. The van der Waals surface area contributed by atoms with Crippen LogP contribution in [0.4, 0.5) is 0 Å². The molecule has 1 heteroatoms. The van der Waals surface area contributed by atoms with Crippen molar-refractivity contribution in [2.24, 2.45) is 0 Å². The van der Waals surface area contributed by atoms with Gasteiger partial charge in [0.1, 0.15) is 0 Å². The molecule has 0 aliphatic heterocycles. The van der Waals surface area contributed by atoms with Gasteiger partial charge in [-0.25, -0.2) is 0 Å². The van der Waals surface area contributed by atoms with Gasteiger partial charge in [-0.15, -0.1) is 0 Å². The Balaban J connectivity index is 2.53. The van der Waals surface area contributed by atoms with Crippen molar-refractivity contribution >= 4 is 0 Å². The van der Waals surface area contributed by atoms with E-state index in [-0.39, 0.29) is 0 Å². The predicted octanol–water partition coefficient (Wildman–Crippen LogP) is 2.88.